The maximum atomic E-state index is 6.70. The first kappa shape index (κ1) is 15.5. The molecule has 1 saturated carbocycles. The van der Waals surface area contributed by atoms with Crippen LogP contribution in [-0.2, 0) is 0 Å². The van der Waals surface area contributed by atoms with Crippen LogP contribution in [0.5, 0.6) is 5.75 Å². The summed E-state index contributed by atoms with van der Waals surface area (Å²) in [5, 5.41) is 0.662. The SMILES string of the molecule is COc1c(Br)cc(Cl)cc1C(Cl)C1CCC(C)CC1. The van der Waals surface area contributed by atoms with E-state index in [1.807, 2.05) is 12.1 Å². The third-order valence-corrected chi connectivity index (χ3v) is 5.41. The molecule has 1 fully saturated rings. The van der Waals surface area contributed by atoms with Crippen molar-refractivity contribution in [3.8, 4) is 5.75 Å². The molecular weight excluding hydrogens is 347 g/mol. The molecule has 1 aliphatic rings. The van der Waals surface area contributed by atoms with Gasteiger partial charge >= 0.3 is 0 Å². The Bertz CT molecular complexity index is 442. The number of benzene rings is 1. The number of hydrogen-bond acceptors (Lipinski definition) is 1. The van der Waals surface area contributed by atoms with E-state index in [4.69, 9.17) is 27.9 Å². The van der Waals surface area contributed by atoms with E-state index < -0.39 is 0 Å². The number of hydrogen-bond donors (Lipinski definition) is 0. The quantitative estimate of drug-likeness (QED) is 0.578. The molecule has 0 amide bonds. The Kier molecular flexibility index (Phi) is 5.45. The second-order valence-electron chi connectivity index (χ2n) is 5.43. The Morgan fingerprint density at radius 2 is 1.89 bits per heavy atom. The van der Waals surface area contributed by atoms with Gasteiger partial charge in [-0.05, 0) is 52.7 Å². The van der Waals surface area contributed by atoms with Crippen molar-refractivity contribution >= 4 is 39.1 Å². The van der Waals surface area contributed by atoms with Gasteiger partial charge < -0.3 is 4.74 Å². The highest BCUT2D eigenvalue weighted by Crippen LogP contribution is 2.46. The van der Waals surface area contributed by atoms with Crippen LogP contribution in [-0.4, -0.2) is 7.11 Å². The van der Waals surface area contributed by atoms with Crippen molar-refractivity contribution in [1.29, 1.82) is 0 Å². The Morgan fingerprint density at radius 1 is 1.26 bits per heavy atom. The molecule has 1 atom stereocenters. The highest BCUT2D eigenvalue weighted by atomic mass is 79.9. The lowest BCUT2D eigenvalue weighted by Gasteiger charge is -2.30. The van der Waals surface area contributed by atoms with Gasteiger partial charge in [-0.25, -0.2) is 0 Å². The Balaban J connectivity index is 2.25. The molecule has 4 heteroatoms. The van der Waals surface area contributed by atoms with Gasteiger partial charge in [0.05, 0.1) is 17.0 Å². The van der Waals surface area contributed by atoms with Crippen LogP contribution in [0.15, 0.2) is 16.6 Å². The number of alkyl halides is 1. The van der Waals surface area contributed by atoms with Gasteiger partial charge in [0, 0.05) is 10.6 Å². The summed E-state index contributed by atoms with van der Waals surface area (Å²) in [5.74, 6) is 2.15. The van der Waals surface area contributed by atoms with Gasteiger partial charge in [0.1, 0.15) is 5.75 Å². The molecular formula is C15H19BrCl2O. The van der Waals surface area contributed by atoms with E-state index in [0.29, 0.717) is 10.9 Å². The first-order chi connectivity index (χ1) is 9.02. The van der Waals surface area contributed by atoms with Crippen LogP contribution >= 0.6 is 39.1 Å². The monoisotopic (exact) mass is 364 g/mol. The Hall–Kier alpha value is 0.0800. The second kappa shape index (κ2) is 6.69. The zero-order chi connectivity index (χ0) is 14.0. The minimum atomic E-state index is -0.0301. The van der Waals surface area contributed by atoms with E-state index in [2.05, 4.69) is 22.9 Å². The molecule has 1 nitrogen and oxygen atoms in total. The summed E-state index contributed by atoms with van der Waals surface area (Å²) < 4.78 is 6.34. The lowest BCUT2D eigenvalue weighted by molar-refractivity contribution is 0.280. The summed E-state index contributed by atoms with van der Waals surface area (Å²) in [5.41, 5.74) is 1.00. The topological polar surface area (TPSA) is 9.23 Å². The molecule has 1 aliphatic carbocycles. The van der Waals surface area contributed by atoms with E-state index in [1.54, 1.807) is 7.11 Å². The van der Waals surface area contributed by atoms with Crippen molar-refractivity contribution in [2.45, 2.75) is 38.0 Å². The number of methoxy groups -OCH3 is 1. The molecule has 0 N–H and O–H groups in total. The zero-order valence-electron chi connectivity index (χ0n) is 11.3. The van der Waals surface area contributed by atoms with Crippen molar-refractivity contribution < 1.29 is 4.74 Å². The maximum Gasteiger partial charge on any atom is 0.137 e. The van der Waals surface area contributed by atoms with E-state index in [0.717, 1.165) is 21.7 Å². The first-order valence-corrected chi connectivity index (χ1v) is 8.30. The van der Waals surface area contributed by atoms with Crippen LogP contribution in [0.1, 0.15) is 43.5 Å². The molecule has 1 aromatic carbocycles. The van der Waals surface area contributed by atoms with E-state index in [9.17, 15) is 0 Å². The molecule has 19 heavy (non-hydrogen) atoms. The summed E-state index contributed by atoms with van der Waals surface area (Å²) >= 11 is 16.3. The van der Waals surface area contributed by atoms with Crippen LogP contribution in [0, 0.1) is 11.8 Å². The van der Waals surface area contributed by atoms with Gasteiger partial charge in [-0.1, -0.05) is 31.4 Å². The van der Waals surface area contributed by atoms with Crippen LogP contribution in [0.25, 0.3) is 0 Å². The normalized spacial score (nSPS) is 25.1. The lowest BCUT2D eigenvalue weighted by Crippen LogP contribution is -2.17. The van der Waals surface area contributed by atoms with Gasteiger partial charge in [0.15, 0.2) is 0 Å². The molecule has 0 spiro atoms. The summed E-state index contributed by atoms with van der Waals surface area (Å²) in [6.45, 7) is 2.32. The fourth-order valence-electron chi connectivity index (χ4n) is 2.83. The van der Waals surface area contributed by atoms with Crippen molar-refractivity contribution in [2.75, 3.05) is 7.11 Å². The van der Waals surface area contributed by atoms with Crippen LogP contribution in [0.3, 0.4) is 0 Å². The third-order valence-electron chi connectivity index (χ3n) is 4.01. The fourth-order valence-corrected chi connectivity index (χ4v) is 4.24. The smallest absolute Gasteiger partial charge is 0.137 e. The van der Waals surface area contributed by atoms with Crippen molar-refractivity contribution in [3.63, 3.8) is 0 Å². The van der Waals surface area contributed by atoms with Crippen LogP contribution < -0.4 is 4.74 Å². The highest BCUT2D eigenvalue weighted by Gasteiger charge is 2.28. The van der Waals surface area contributed by atoms with Gasteiger partial charge in [-0.3, -0.25) is 0 Å². The maximum absolute atomic E-state index is 6.70. The van der Waals surface area contributed by atoms with E-state index >= 15 is 0 Å². The van der Waals surface area contributed by atoms with E-state index in [-0.39, 0.29) is 5.38 Å². The number of halogens is 3. The summed E-state index contributed by atoms with van der Waals surface area (Å²) in [6, 6.07) is 3.78. The molecule has 0 aromatic heterocycles. The first-order valence-electron chi connectivity index (χ1n) is 6.70. The largest absolute Gasteiger partial charge is 0.495 e. The zero-order valence-corrected chi connectivity index (χ0v) is 14.4. The summed E-state index contributed by atoms with van der Waals surface area (Å²) in [4.78, 5) is 0. The number of ether oxygens (including phenoxy) is 1. The molecule has 0 saturated heterocycles. The average Bonchev–Trinajstić information content (AvgIpc) is 2.38. The fraction of sp³-hybridized carbons (Fsp3) is 0.600. The van der Waals surface area contributed by atoms with Gasteiger partial charge in [0.25, 0.3) is 0 Å². The summed E-state index contributed by atoms with van der Waals surface area (Å²) in [7, 11) is 1.67. The molecule has 1 unspecified atom stereocenters. The Labute approximate surface area is 133 Å². The highest BCUT2D eigenvalue weighted by molar-refractivity contribution is 9.10. The molecule has 2 rings (SSSR count). The van der Waals surface area contributed by atoms with Gasteiger partial charge in [-0.15, -0.1) is 11.6 Å². The van der Waals surface area contributed by atoms with Gasteiger partial charge in [-0.2, -0.15) is 0 Å². The minimum Gasteiger partial charge on any atom is -0.495 e. The molecule has 0 aliphatic heterocycles. The predicted molar refractivity (Wildman–Crippen MR) is 85.4 cm³/mol. The Morgan fingerprint density at radius 3 is 2.47 bits per heavy atom. The van der Waals surface area contributed by atoms with Crippen LogP contribution in [0.4, 0.5) is 0 Å². The van der Waals surface area contributed by atoms with E-state index in [1.165, 1.54) is 25.7 Å². The van der Waals surface area contributed by atoms with Crippen molar-refractivity contribution in [2.24, 2.45) is 11.8 Å². The third kappa shape index (κ3) is 3.59. The van der Waals surface area contributed by atoms with Crippen LogP contribution in [0.2, 0.25) is 5.02 Å². The molecule has 1 aromatic rings. The standard InChI is InChI=1S/C15H19BrCl2O/c1-9-3-5-10(6-4-9)14(18)12-7-11(17)8-13(16)15(12)19-2/h7-10,14H,3-6H2,1-2H3. The summed E-state index contributed by atoms with van der Waals surface area (Å²) in [6.07, 6.45) is 4.89. The predicted octanol–water partition coefficient (Wildman–Crippen LogP) is 6.22. The van der Waals surface area contributed by atoms with Crippen molar-refractivity contribution in [1.82, 2.24) is 0 Å². The lowest BCUT2D eigenvalue weighted by atomic mass is 9.79. The minimum absolute atomic E-state index is 0.0301. The average molecular weight is 366 g/mol. The molecule has 106 valence electrons. The number of rotatable bonds is 3. The molecule has 0 heterocycles. The molecule has 0 radical (unpaired) electrons. The van der Waals surface area contributed by atoms with Crippen molar-refractivity contribution in [3.05, 3.63) is 27.2 Å². The second-order valence-corrected chi connectivity index (χ2v) is 7.19. The van der Waals surface area contributed by atoms with Gasteiger partial charge in [0.2, 0.25) is 0 Å². The molecule has 0 bridgehead atoms.